The number of halogens is 1. The number of rotatable bonds is 5. The van der Waals surface area contributed by atoms with E-state index >= 15 is 0 Å². The molecule has 0 aliphatic heterocycles. The summed E-state index contributed by atoms with van der Waals surface area (Å²) < 4.78 is 14.5. The Morgan fingerprint density at radius 3 is 2.59 bits per heavy atom. The lowest BCUT2D eigenvalue weighted by Gasteiger charge is -2.06. The molecule has 4 rings (SSSR count). The Bertz CT molecular complexity index is 1230. The van der Waals surface area contributed by atoms with Crippen LogP contribution in [0.5, 0.6) is 0 Å². The molecule has 0 fully saturated rings. The first-order valence-electron chi connectivity index (χ1n) is 9.05. The molecule has 0 unspecified atom stereocenters. The fourth-order valence-electron chi connectivity index (χ4n) is 2.95. The second kappa shape index (κ2) is 7.67. The molecule has 0 saturated carbocycles. The highest BCUT2D eigenvalue weighted by atomic mass is 19.1. The minimum absolute atomic E-state index is 0.0519. The number of aromatic amines is 1. The summed E-state index contributed by atoms with van der Waals surface area (Å²) in [7, 11) is 0. The Morgan fingerprint density at radius 1 is 1.14 bits per heavy atom. The number of carbonyl (C=O) groups excluding carboxylic acids is 1. The fraction of sp³-hybridized carbons (Fsp3) is 0.143. The number of aryl methyl sites for hydroxylation is 1. The van der Waals surface area contributed by atoms with Crippen molar-refractivity contribution in [2.24, 2.45) is 0 Å². The summed E-state index contributed by atoms with van der Waals surface area (Å²) >= 11 is 0. The zero-order chi connectivity index (χ0) is 20.4. The molecule has 0 aliphatic carbocycles. The van der Waals surface area contributed by atoms with Gasteiger partial charge in [-0.3, -0.25) is 9.59 Å². The van der Waals surface area contributed by atoms with Gasteiger partial charge in [-0.1, -0.05) is 29.8 Å². The molecule has 29 heavy (non-hydrogen) atoms. The van der Waals surface area contributed by atoms with Crippen LogP contribution in [0.4, 0.5) is 4.39 Å². The van der Waals surface area contributed by atoms with Gasteiger partial charge in [0, 0.05) is 12.1 Å². The van der Waals surface area contributed by atoms with Crippen molar-refractivity contribution in [3.05, 3.63) is 87.7 Å². The van der Waals surface area contributed by atoms with Gasteiger partial charge >= 0.3 is 0 Å². The van der Waals surface area contributed by atoms with Crippen molar-refractivity contribution in [2.45, 2.75) is 19.9 Å². The molecule has 7 nitrogen and oxygen atoms in total. The molecule has 0 aliphatic rings. The van der Waals surface area contributed by atoms with Crippen LogP contribution in [0.25, 0.3) is 16.8 Å². The quantitative estimate of drug-likeness (QED) is 0.546. The Labute approximate surface area is 165 Å². The van der Waals surface area contributed by atoms with Gasteiger partial charge in [0.1, 0.15) is 11.3 Å². The van der Waals surface area contributed by atoms with Crippen LogP contribution >= 0.6 is 0 Å². The smallest absolute Gasteiger partial charge is 0.290 e. The average Bonchev–Trinajstić information content (AvgIpc) is 3.17. The number of aromatic nitrogens is 4. The van der Waals surface area contributed by atoms with E-state index in [2.05, 4.69) is 20.6 Å². The van der Waals surface area contributed by atoms with Crippen LogP contribution in [0.2, 0.25) is 0 Å². The van der Waals surface area contributed by atoms with E-state index in [1.54, 1.807) is 18.2 Å². The third kappa shape index (κ3) is 4.06. The number of hydrogen-bond acceptors (Lipinski definition) is 4. The van der Waals surface area contributed by atoms with Crippen LogP contribution in [-0.2, 0) is 17.8 Å². The minimum Gasteiger partial charge on any atom is -0.352 e. The van der Waals surface area contributed by atoms with Gasteiger partial charge in [0.05, 0.1) is 12.1 Å². The topological polar surface area (TPSA) is 92.1 Å². The van der Waals surface area contributed by atoms with Gasteiger partial charge in [-0.15, -0.1) is 0 Å². The highest BCUT2D eigenvalue weighted by Crippen LogP contribution is 2.19. The summed E-state index contributed by atoms with van der Waals surface area (Å²) in [6.45, 7) is 2.39. The number of nitrogens with one attached hydrogen (secondary N) is 2. The predicted molar refractivity (Wildman–Crippen MR) is 106 cm³/mol. The third-order valence-corrected chi connectivity index (χ3v) is 4.54. The van der Waals surface area contributed by atoms with Gasteiger partial charge in [0.25, 0.3) is 5.56 Å². The molecule has 1 amide bonds. The number of amides is 1. The highest BCUT2D eigenvalue weighted by Gasteiger charge is 2.14. The van der Waals surface area contributed by atoms with E-state index in [1.165, 1.54) is 16.6 Å². The maximum atomic E-state index is 13.2. The molecule has 2 N–H and O–H groups in total. The molecule has 2 aromatic heterocycles. The maximum absolute atomic E-state index is 13.2. The SMILES string of the molecule is Cc1ccc(CNC(=O)Cc2n[nH]c(=O)c3cc(-c4ccc(F)cc4)nn23)cc1. The maximum Gasteiger partial charge on any atom is 0.290 e. The van der Waals surface area contributed by atoms with E-state index in [-0.39, 0.29) is 23.7 Å². The molecular formula is C21H18FN5O2. The lowest BCUT2D eigenvalue weighted by atomic mass is 10.1. The molecule has 4 aromatic rings. The zero-order valence-corrected chi connectivity index (χ0v) is 15.6. The van der Waals surface area contributed by atoms with Gasteiger partial charge in [0.2, 0.25) is 5.91 Å². The summed E-state index contributed by atoms with van der Waals surface area (Å²) in [6.07, 6.45) is -0.0519. The van der Waals surface area contributed by atoms with E-state index in [1.807, 2.05) is 31.2 Å². The number of benzene rings is 2. The van der Waals surface area contributed by atoms with Crippen LogP contribution in [0.15, 0.2) is 59.4 Å². The average molecular weight is 391 g/mol. The van der Waals surface area contributed by atoms with Crippen LogP contribution in [0.1, 0.15) is 17.0 Å². The van der Waals surface area contributed by atoms with Crippen LogP contribution in [-0.4, -0.2) is 25.7 Å². The first kappa shape index (κ1) is 18.5. The number of fused-ring (bicyclic) bond motifs is 1. The first-order chi connectivity index (χ1) is 14.0. The van der Waals surface area contributed by atoms with Crippen LogP contribution in [0, 0.1) is 12.7 Å². The Balaban J connectivity index is 1.56. The highest BCUT2D eigenvalue weighted by molar-refractivity contribution is 5.78. The molecule has 0 saturated heterocycles. The van der Waals surface area contributed by atoms with Crippen LogP contribution < -0.4 is 10.9 Å². The molecule has 8 heteroatoms. The number of hydrogen-bond donors (Lipinski definition) is 2. The molecule has 146 valence electrons. The molecule has 2 aromatic carbocycles. The van der Waals surface area contributed by atoms with Crippen molar-refractivity contribution in [1.82, 2.24) is 25.1 Å². The van der Waals surface area contributed by atoms with Gasteiger partial charge in [-0.2, -0.15) is 10.2 Å². The second-order valence-corrected chi connectivity index (χ2v) is 6.74. The van der Waals surface area contributed by atoms with Crippen molar-refractivity contribution < 1.29 is 9.18 Å². The van der Waals surface area contributed by atoms with E-state index in [4.69, 9.17) is 0 Å². The largest absolute Gasteiger partial charge is 0.352 e. The Morgan fingerprint density at radius 2 is 1.86 bits per heavy atom. The summed E-state index contributed by atoms with van der Waals surface area (Å²) in [6, 6.07) is 15.2. The summed E-state index contributed by atoms with van der Waals surface area (Å²) in [5.41, 5.74) is 3.13. The monoisotopic (exact) mass is 391 g/mol. The van der Waals surface area contributed by atoms with E-state index in [0.29, 0.717) is 23.6 Å². The molecule has 2 heterocycles. The predicted octanol–water partition coefficient (Wildman–Crippen LogP) is 2.39. The number of carbonyl (C=O) groups is 1. The normalized spacial score (nSPS) is 11.0. The van der Waals surface area contributed by atoms with Gasteiger partial charge in [-0.05, 0) is 42.8 Å². The van der Waals surface area contributed by atoms with Crippen molar-refractivity contribution in [3.8, 4) is 11.3 Å². The number of H-pyrrole nitrogens is 1. The van der Waals surface area contributed by atoms with Crippen molar-refractivity contribution in [1.29, 1.82) is 0 Å². The molecule has 0 atom stereocenters. The fourth-order valence-corrected chi connectivity index (χ4v) is 2.95. The molecule has 0 spiro atoms. The van der Waals surface area contributed by atoms with E-state index in [9.17, 15) is 14.0 Å². The van der Waals surface area contributed by atoms with Crippen molar-refractivity contribution in [2.75, 3.05) is 0 Å². The van der Waals surface area contributed by atoms with Crippen molar-refractivity contribution in [3.63, 3.8) is 0 Å². The molecular weight excluding hydrogens is 373 g/mol. The van der Waals surface area contributed by atoms with Crippen molar-refractivity contribution >= 4 is 11.4 Å². The number of nitrogens with zero attached hydrogens (tertiary/aromatic N) is 3. The Hall–Kier alpha value is -3.81. The third-order valence-electron chi connectivity index (χ3n) is 4.54. The second-order valence-electron chi connectivity index (χ2n) is 6.74. The van der Waals surface area contributed by atoms with Gasteiger partial charge < -0.3 is 5.32 Å². The zero-order valence-electron chi connectivity index (χ0n) is 15.6. The molecule has 0 radical (unpaired) electrons. The van der Waals surface area contributed by atoms with E-state index < -0.39 is 5.56 Å². The van der Waals surface area contributed by atoms with E-state index in [0.717, 1.165) is 11.1 Å². The summed E-state index contributed by atoms with van der Waals surface area (Å²) in [5, 5.41) is 13.6. The standard InChI is InChI=1S/C21H18FN5O2/c1-13-2-4-14(5-3-13)12-23-20(28)11-19-24-25-21(29)18-10-17(26-27(18)19)15-6-8-16(22)9-7-15/h2-10H,11-12H2,1H3,(H,23,28)(H,25,29). The minimum atomic E-state index is -0.422. The Kier molecular flexibility index (Phi) is 4.90. The van der Waals surface area contributed by atoms with Gasteiger partial charge in [-0.25, -0.2) is 14.0 Å². The van der Waals surface area contributed by atoms with Gasteiger partial charge in [0.15, 0.2) is 5.82 Å². The molecule has 0 bridgehead atoms. The first-order valence-corrected chi connectivity index (χ1v) is 9.05. The summed E-state index contributed by atoms with van der Waals surface area (Å²) in [5.74, 6) is -0.303. The lowest BCUT2D eigenvalue weighted by Crippen LogP contribution is -2.27. The summed E-state index contributed by atoms with van der Waals surface area (Å²) in [4.78, 5) is 24.5. The van der Waals surface area contributed by atoms with Crippen LogP contribution in [0.3, 0.4) is 0 Å². The lowest BCUT2D eigenvalue weighted by molar-refractivity contribution is -0.120.